The van der Waals surface area contributed by atoms with Crippen LogP contribution in [0.15, 0.2) is 30.3 Å². The number of ether oxygens (including phenoxy) is 1. The number of hydrogen-bond acceptors (Lipinski definition) is 2. The van der Waals surface area contributed by atoms with Crippen molar-refractivity contribution in [2.75, 3.05) is 0 Å². The van der Waals surface area contributed by atoms with Crippen molar-refractivity contribution in [2.24, 2.45) is 0 Å². The second-order valence-electron chi connectivity index (χ2n) is 4.66. The van der Waals surface area contributed by atoms with Crippen LogP contribution in [0, 0.1) is 0 Å². The van der Waals surface area contributed by atoms with Gasteiger partial charge in [-0.05, 0) is 25.3 Å². The summed E-state index contributed by atoms with van der Waals surface area (Å²) in [5.74, 6) is 0. The van der Waals surface area contributed by atoms with E-state index in [1.165, 1.54) is 5.56 Å². The molecule has 1 aromatic carbocycles. The molecule has 0 spiro atoms. The Balaban J connectivity index is 1.80. The van der Waals surface area contributed by atoms with E-state index in [-0.39, 0.29) is 6.10 Å². The van der Waals surface area contributed by atoms with Crippen LogP contribution in [0.5, 0.6) is 0 Å². The lowest BCUT2D eigenvalue weighted by atomic mass is 10.1. The highest BCUT2D eigenvalue weighted by molar-refractivity contribution is 5.13. The Hall–Kier alpha value is -0.860. The second kappa shape index (κ2) is 4.33. The van der Waals surface area contributed by atoms with Crippen molar-refractivity contribution in [3.05, 3.63) is 35.9 Å². The molecule has 0 aliphatic heterocycles. The second-order valence-corrected chi connectivity index (χ2v) is 4.66. The molecule has 1 aromatic rings. The normalized spacial score (nSPS) is 30.7. The summed E-state index contributed by atoms with van der Waals surface area (Å²) in [6, 6.07) is 10.2. The number of rotatable bonds is 3. The van der Waals surface area contributed by atoms with Crippen molar-refractivity contribution < 1.29 is 9.84 Å². The van der Waals surface area contributed by atoms with Crippen molar-refractivity contribution in [3.63, 3.8) is 0 Å². The average molecular weight is 206 g/mol. The van der Waals surface area contributed by atoms with E-state index in [0.29, 0.717) is 6.61 Å². The van der Waals surface area contributed by atoms with Crippen LogP contribution in [-0.4, -0.2) is 16.8 Å². The third-order valence-corrected chi connectivity index (χ3v) is 3.00. The lowest BCUT2D eigenvalue weighted by molar-refractivity contribution is 0.0108. The van der Waals surface area contributed by atoms with Gasteiger partial charge in [0.25, 0.3) is 0 Å². The summed E-state index contributed by atoms with van der Waals surface area (Å²) in [5, 5.41) is 9.78. The minimum atomic E-state index is -0.513. The Morgan fingerprint density at radius 1 is 1.40 bits per heavy atom. The summed E-state index contributed by atoms with van der Waals surface area (Å²) >= 11 is 0. The maximum Gasteiger partial charge on any atom is 0.0720 e. The Bertz CT molecular complexity index is 306. The van der Waals surface area contributed by atoms with Crippen molar-refractivity contribution in [2.45, 2.75) is 44.5 Å². The molecule has 0 aromatic heterocycles. The molecule has 0 amide bonds. The van der Waals surface area contributed by atoms with Gasteiger partial charge in [0.1, 0.15) is 0 Å². The third-order valence-electron chi connectivity index (χ3n) is 3.00. The van der Waals surface area contributed by atoms with E-state index in [0.717, 1.165) is 19.3 Å². The molecule has 1 aliphatic rings. The first-order chi connectivity index (χ1) is 7.16. The van der Waals surface area contributed by atoms with Gasteiger partial charge in [-0.15, -0.1) is 0 Å². The molecule has 0 radical (unpaired) electrons. The fourth-order valence-electron chi connectivity index (χ4n) is 2.10. The zero-order valence-corrected chi connectivity index (χ0v) is 9.15. The molecule has 2 rings (SSSR count). The largest absolute Gasteiger partial charge is 0.390 e. The Labute approximate surface area is 90.9 Å². The Morgan fingerprint density at radius 2 is 2.13 bits per heavy atom. The molecule has 1 fully saturated rings. The summed E-state index contributed by atoms with van der Waals surface area (Å²) in [5.41, 5.74) is 0.686. The molecular formula is C13H18O2. The molecule has 1 aliphatic carbocycles. The summed E-state index contributed by atoms with van der Waals surface area (Å²) < 4.78 is 5.76. The Morgan fingerprint density at radius 3 is 2.73 bits per heavy atom. The van der Waals surface area contributed by atoms with Crippen LogP contribution >= 0.6 is 0 Å². The number of benzene rings is 1. The third kappa shape index (κ3) is 3.05. The molecule has 0 heterocycles. The molecule has 1 N–H and O–H groups in total. The van der Waals surface area contributed by atoms with Crippen LogP contribution in [0.2, 0.25) is 0 Å². The maximum absolute atomic E-state index is 9.78. The maximum atomic E-state index is 9.78. The van der Waals surface area contributed by atoms with Crippen LogP contribution in [0.25, 0.3) is 0 Å². The molecule has 2 heteroatoms. The first-order valence-corrected chi connectivity index (χ1v) is 5.54. The van der Waals surface area contributed by atoms with Gasteiger partial charge in [0, 0.05) is 6.42 Å². The van der Waals surface area contributed by atoms with Crippen LogP contribution in [0.3, 0.4) is 0 Å². The minimum Gasteiger partial charge on any atom is -0.390 e. The van der Waals surface area contributed by atoms with Gasteiger partial charge in [-0.2, -0.15) is 0 Å². The highest BCUT2D eigenvalue weighted by Crippen LogP contribution is 2.31. The lowest BCUT2D eigenvalue weighted by Crippen LogP contribution is -2.20. The molecule has 2 atom stereocenters. The molecule has 0 bridgehead atoms. The van der Waals surface area contributed by atoms with Gasteiger partial charge in [-0.25, -0.2) is 0 Å². The van der Waals surface area contributed by atoms with E-state index in [4.69, 9.17) is 4.74 Å². The zero-order chi connectivity index (χ0) is 10.7. The van der Waals surface area contributed by atoms with E-state index in [9.17, 15) is 5.11 Å². The molecule has 2 nitrogen and oxygen atoms in total. The standard InChI is InChI=1S/C13H18O2/c1-13(14)8-7-12(9-13)15-10-11-5-3-2-4-6-11/h2-6,12,14H,7-10H2,1H3/t12-,13+/m0/s1. The summed E-state index contributed by atoms with van der Waals surface area (Å²) in [4.78, 5) is 0. The van der Waals surface area contributed by atoms with Gasteiger partial charge in [0.2, 0.25) is 0 Å². The van der Waals surface area contributed by atoms with E-state index in [2.05, 4.69) is 12.1 Å². The molecular weight excluding hydrogens is 188 g/mol. The van der Waals surface area contributed by atoms with Crippen molar-refractivity contribution >= 4 is 0 Å². The first-order valence-electron chi connectivity index (χ1n) is 5.54. The quantitative estimate of drug-likeness (QED) is 0.823. The predicted molar refractivity (Wildman–Crippen MR) is 59.5 cm³/mol. The van der Waals surface area contributed by atoms with Crippen molar-refractivity contribution in [3.8, 4) is 0 Å². The first kappa shape index (κ1) is 10.7. The molecule has 82 valence electrons. The van der Waals surface area contributed by atoms with E-state index >= 15 is 0 Å². The van der Waals surface area contributed by atoms with Gasteiger partial charge in [-0.3, -0.25) is 0 Å². The fourth-order valence-corrected chi connectivity index (χ4v) is 2.10. The molecule has 0 saturated heterocycles. The topological polar surface area (TPSA) is 29.5 Å². The van der Waals surface area contributed by atoms with Crippen molar-refractivity contribution in [1.29, 1.82) is 0 Å². The van der Waals surface area contributed by atoms with Gasteiger partial charge in [-0.1, -0.05) is 30.3 Å². The summed E-state index contributed by atoms with van der Waals surface area (Å²) in [6.07, 6.45) is 2.81. The van der Waals surface area contributed by atoms with Crippen LogP contribution in [0.1, 0.15) is 31.7 Å². The fraction of sp³-hybridized carbons (Fsp3) is 0.538. The average Bonchev–Trinajstić information content (AvgIpc) is 2.57. The molecule has 1 saturated carbocycles. The van der Waals surface area contributed by atoms with E-state index in [1.54, 1.807) is 0 Å². The van der Waals surface area contributed by atoms with E-state index < -0.39 is 5.60 Å². The summed E-state index contributed by atoms with van der Waals surface area (Å²) in [6.45, 7) is 2.54. The summed E-state index contributed by atoms with van der Waals surface area (Å²) in [7, 11) is 0. The van der Waals surface area contributed by atoms with Gasteiger partial charge in [0.15, 0.2) is 0 Å². The number of hydrogen-bond donors (Lipinski definition) is 1. The zero-order valence-electron chi connectivity index (χ0n) is 9.15. The van der Waals surface area contributed by atoms with Gasteiger partial charge in [0.05, 0.1) is 18.3 Å². The van der Waals surface area contributed by atoms with Crippen molar-refractivity contribution in [1.82, 2.24) is 0 Å². The van der Waals surface area contributed by atoms with Gasteiger partial charge >= 0.3 is 0 Å². The predicted octanol–water partition coefficient (Wildman–Crippen LogP) is 2.51. The monoisotopic (exact) mass is 206 g/mol. The highest BCUT2D eigenvalue weighted by atomic mass is 16.5. The molecule has 0 unspecified atom stereocenters. The lowest BCUT2D eigenvalue weighted by Gasteiger charge is -2.16. The van der Waals surface area contributed by atoms with Crippen LogP contribution < -0.4 is 0 Å². The molecule has 15 heavy (non-hydrogen) atoms. The minimum absolute atomic E-state index is 0.222. The van der Waals surface area contributed by atoms with Crippen LogP contribution in [0.4, 0.5) is 0 Å². The highest BCUT2D eigenvalue weighted by Gasteiger charge is 2.33. The smallest absolute Gasteiger partial charge is 0.0720 e. The van der Waals surface area contributed by atoms with E-state index in [1.807, 2.05) is 25.1 Å². The SMILES string of the molecule is C[C@@]1(O)CC[C@H](OCc2ccccc2)C1. The van der Waals surface area contributed by atoms with Gasteiger partial charge < -0.3 is 9.84 Å². The Kier molecular flexibility index (Phi) is 3.08. The van der Waals surface area contributed by atoms with Crippen LogP contribution in [-0.2, 0) is 11.3 Å². The number of aliphatic hydroxyl groups is 1.